The van der Waals surface area contributed by atoms with Crippen molar-refractivity contribution < 1.29 is 0 Å². The molecule has 0 spiro atoms. The zero-order chi connectivity index (χ0) is 17.5. The SMILES string of the molecule is CN=C(NCCCN1CCc2ccccc2C1)NCc1ccc(C)s1. The van der Waals surface area contributed by atoms with Gasteiger partial charge in [-0.2, -0.15) is 0 Å². The molecule has 0 bridgehead atoms. The number of benzene rings is 1. The van der Waals surface area contributed by atoms with Gasteiger partial charge in [0.05, 0.1) is 6.54 Å². The molecule has 2 heterocycles. The molecule has 0 unspecified atom stereocenters. The monoisotopic (exact) mass is 356 g/mol. The summed E-state index contributed by atoms with van der Waals surface area (Å²) in [7, 11) is 1.83. The Kier molecular flexibility index (Phi) is 6.48. The second-order valence-corrected chi connectivity index (χ2v) is 7.89. The summed E-state index contributed by atoms with van der Waals surface area (Å²) < 4.78 is 0. The quantitative estimate of drug-likeness (QED) is 0.474. The van der Waals surface area contributed by atoms with Crippen molar-refractivity contribution >= 4 is 17.3 Å². The minimum absolute atomic E-state index is 0.834. The van der Waals surface area contributed by atoms with Crippen LogP contribution in [0.15, 0.2) is 41.4 Å². The maximum absolute atomic E-state index is 4.31. The highest BCUT2D eigenvalue weighted by Crippen LogP contribution is 2.18. The lowest BCUT2D eigenvalue weighted by Crippen LogP contribution is -2.38. The molecule has 1 aromatic carbocycles. The molecule has 0 aliphatic carbocycles. The predicted molar refractivity (Wildman–Crippen MR) is 107 cm³/mol. The summed E-state index contributed by atoms with van der Waals surface area (Å²) >= 11 is 1.83. The molecule has 2 aromatic rings. The van der Waals surface area contributed by atoms with E-state index in [2.05, 4.69) is 63.8 Å². The van der Waals surface area contributed by atoms with Crippen LogP contribution >= 0.6 is 11.3 Å². The van der Waals surface area contributed by atoms with Gasteiger partial charge in [-0.3, -0.25) is 9.89 Å². The molecule has 4 nitrogen and oxygen atoms in total. The molecule has 2 N–H and O–H groups in total. The molecule has 3 rings (SSSR count). The molecule has 0 radical (unpaired) electrons. The molecular weight excluding hydrogens is 328 g/mol. The van der Waals surface area contributed by atoms with Crippen LogP contribution < -0.4 is 10.6 Å². The minimum Gasteiger partial charge on any atom is -0.356 e. The van der Waals surface area contributed by atoms with E-state index in [-0.39, 0.29) is 0 Å². The van der Waals surface area contributed by atoms with Crippen LogP contribution in [0.2, 0.25) is 0 Å². The summed E-state index contributed by atoms with van der Waals surface area (Å²) in [6.45, 7) is 7.30. The summed E-state index contributed by atoms with van der Waals surface area (Å²) in [6.07, 6.45) is 2.30. The van der Waals surface area contributed by atoms with Crippen molar-refractivity contribution in [1.29, 1.82) is 0 Å². The predicted octanol–water partition coefficient (Wildman–Crippen LogP) is 3.17. The fraction of sp³-hybridized carbons (Fsp3) is 0.450. The molecule has 1 aliphatic rings. The Morgan fingerprint density at radius 1 is 1.16 bits per heavy atom. The fourth-order valence-electron chi connectivity index (χ4n) is 3.23. The Labute approximate surface area is 155 Å². The number of rotatable bonds is 6. The third kappa shape index (κ3) is 5.31. The van der Waals surface area contributed by atoms with Crippen molar-refractivity contribution in [2.45, 2.75) is 32.9 Å². The largest absolute Gasteiger partial charge is 0.356 e. The third-order valence-corrected chi connectivity index (χ3v) is 5.60. The van der Waals surface area contributed by atoms with Gasteiger partial charge in [-0.1, -0.05) is 24.3 Å². The Balaban J connectivity index is 1.35. The smallest absolute Gasteiger partial charge is 0.191 e. The highest BCUT2D eigenvalue weighted by atomic mass is 32.1. The maximum atomic E-state index is 4.31. The van der Waals surface area contributed by atoms with Crippen LogP contribution in [-0.4, -0.2) is 37.5 Å². The number of nitrogens with one attached hydrogen (secondary N) is 2. The Morgan fingerprint density at radius 2 is 2.00 bits per heavy atom. The molecule has 25 heavy (non-hydrogen) atoms. The van der Waals surface area contributed by atoms with Gasteiger partial charge in [-0.05, 0) is 43.0 Å². The lowest BCUT2D eigenvalue weighted by molar-refractivity contribution is 0.251. The molecule has 0 fully saturated rings. The minimum atomic E-state index is 0.834. The maximum Gasteiger partial charge on any atom is 0.191 e. The number of guanidine groups is 1. The van der Waals surface area contributed by atoms with E-state index in [4.69, 9.17) is 0 Å². The van der Waals surface area contributed by atoms with Crippen LogP contribution in [0.3, 0.4) is 0 Å². The standard InChI is InChI=1S/C20H28N4S/c1-16-8-9-19(25-16)14-23-20(21-2)22-11-5-12-24-13-10-17-6-3-4-7-18(17)15-24/h3-4,6-9H,5,10-15H2,1-2H3,(H2,21,22,23). The first kappa shape index (κ1) is 18.0. The van der Waals surface area contributed by atoms with Gasteiger partial charge in [0.1, 0.15) is 0 Å². The van der Waals surface area contributed by atoms with Crippen LogP contribution in [0, 0.1) is 6.92 Å². The summed E-state index contributed by atoms with van der Waals surface area (Å²) in [5.74, 6) is 0.884. The second kappa shape index (κ2) is 9.02. The lowest BCUT2D eigenvalue weighted by atomic mass is 10.00. The van der Waals surface area contributed by atoms with E-state index in [0.29, 0.717) is 0 Å². The number of aliphatic imine (C=N–C) groups is 1. The average Bonchev–Trinajstić information content (AvgIpc) is 3.06. The first-order valence-corrected chi connectivity index (χ1v) is 9.85. The number of aryl methyl sites for hydroxylation is 1. The molecule has 1 aromatic heterocycles. The Hall–Kier alpha value is -1.85. The van der Waals surface area contributed by atoms with Gasteiger partial charge in [-0.25, -0.2) is 0 Å². The number of fused-ring (bicyclic) bond motifs is 1. The van der Waals surface area contributed by atoms with E-state index in [9.17, 15) is 0 Å². The normalized spacial score (nSPS) is 15.0. The molecular formula is C20H28N4S. The Morgan fingerprint density at radius 3 is 2.76 bits per heavy atom. The van der Waals surface area contributed by atoms with E-state index in [1.807, 2.05) is 18.4 Å². The lowest BCUT2D eigenvalue weighted by Gasteiger charge is -2.28. The third-order valence-electron chi connectivity index (χ3n) is 4.60. The zero-order valence-electron chi connectivity index (χ0n) is 15.2. The molecule has 0 atom stereocenters. The molecule has 134 valence electrons. The number of hydrogen-bond donors (Lipinski definition) is 2. The fourth-order valence-corrected chi connectivity index (χ4v) is 4.06. The van der Waals surface area contributed by atoms with E-state index in [1.165, 1.54) is 33.8 Å². The number of nitrogens with zero attached hydrogens (tertiary/aromatic N) is 2. The molecule has 0 amide bonds. The number of thiophene rings is 1. The first-order chi connectivity index (χ1) is 12.2. The molecule has 0 saturated carbocycles. The van der Waals surface area contributed by atoms with Gasteiger partial charge < -0.3 is 10.6 Å². The highest BCUT2D eigenvalue weighted by molar-refractivity contribution is 7.11. The zero-order valence-corrected chi connectivity index (χ0v) is 16.0. The van der Waals surface area contributed by atoms with Crippen molar-refractivity contribution in [2.24, 2.45) is 4.99 Å². The van der Waals surface area contributed by atoms with Gasteiger partial charge in [0, 0.05) is 43.0 Å². The van der Waals surface area contributed by atoms with Crippen LogP contribution in [0.1, 0.15) is 27.3 Å². The molecule has 5 heteroatoms. The van der Waals surface area contributed by atoms with Gasteiger partial charge in [-0.15, -0.1) is 11.3 Å². The van der Waals surface area contributed by atoms with E-state index in [0.717, 1.165) is 38.6 Å². The van der Waals surface area contributed by atoms with Crippen molar-refractivity contribution in [3.63, 3.8) is 0 Å². The highest BCUT2D eigenvalue weighted by Gasteiger charge is 2.14. The van der Waals surface area contributed by atoms with Gasteiger partial charge >= 0.3 is 0 Å². The van der Waals surface area contributed by atoms with Crippen LogP contribution in [-0.2, 0) is 19.5 Å². The van der Waals surface area contributed by atoms with Crippen molar-refractivity contribution in [1.82, 2.24) is 15.5 Å². The summed E-state index contributed by atoms with van der Waals surface area (Å²) in [5, 5.41) is 6.81. The molecule has 0 saturated heterocycles. The van der Waals surface area contributed by atoms with E-state index < -0.39 is 0 Å². The first-order valence-electron chi connectivity index (χ1n) is 9.03. The number of hydrogen-bond acceptors (Lipinski definition) is 3. The van der Waals surface area contributed by atoms with Crippen LogP contribution in [0.5, 0.6) is 0 Å². The second-order valence-electron chi connectivity index (χ2n) is 6.51. The molecule has 1 aliphatic heterocycles. The Bertz CT molecular complexity index is 707. The van der Waals surface area contributed by atoms with Crippen LogP contribution in [0.4, 0.5) is 0 Å². The summed E-state index contributed by atoms with van der Waals surface area (Å²) in [6, 6.07) is 13.2. The van der Waals surface area contributed by atoms with E-state index in [1.54, 1.807) is 0 Å². The van der Waals surface area contributed by atoms with Crippen LogP contribution in [0.25, 0.3) is 0 Å². The average molecular weight is 357 g/mol. The van der Waals surface area contributed by atoms with Crippen molar-refractivity contribution in [3.05, 3.63) is 57.3 Å². The van der Waals surface area contributed by atoms with Gasteiger partial charge in [0.15, 0.2) is 5.96 Å². The topological polar surface area (TPSA) is 39.7 Å². The summed E-state index contributed by atoms with van der Waals surface area (Å²) in [4.78, 5) is 9.55. The van der Waals surface area contributed by atoms with Crippen molar-refractivity contribution in [3.8, 4) is 0 Å². The van der Waals surface area contributed by atoms with E-state index >= 15 is 0 Å². The summed E-state index contributed by atoms with van der Waals surface area (Å²) in [5.41, 5.74) is 3.01. The van der Waals surface area contributed by atoms with Gasteiger partial charge in [0.2, 0.25) is 0 Å². The van der Waals surface area contributed by atoms with Gasteiger partial charge in [0.25, 0.3) is 0 Å². The van der Waals surface area contributed by atoms with Crippen molar-refractivity contribution in [2.75, 3.05) is 26.7 Å².